The number of carbonyl (C=O) groups excluding carboxylic acids is 2. The summed E-state index contributed by atoms with van der Waals surface area (Å²) in [5.41, 5.74) is 0.508. The topological polar surface area (TPSA) is 93.9 Å². The molecule has 1 aromatic heterocycles. The highest BCUT2D eigenvalue weighted by atomic mass is 35.5. The van der Waals surface area contributed by atoms with Crippen LogP contribution in [0.4, 0.5) is 10.5 Å². The number of urea groups is 1. The minimum Gasteiger partial charge on any atom is -0.464 e. The second-order valence-corrected chi connectivity index (χ2v) is 5.91. The Balaban J connectivity index is 2.09. The summed E-state index contributed by atoms with van der Waals surface area (Å²) in [5, 5.41) is 3.41. The second kappa shape index (κ2) is 9.42. The fourth-order valence-electron chi connectivity index (χ4n) is 1.98. The highest BCUT2D eigenvalue weighted by Crippen LogP contribution is 2.25. The molecular formula is C16H17Cl2N3O5. The average Bonchev–Trinajstić information content (AvgIpc) is 3.09. The summed E-state index contributed by atoms with van der Waals surface area (Å²) >= 11 is 11.8. The Labute approximate surface area is 160 Å². The van der Waals surface area contributed by atoms with E-state index in [2.05, 4.69) is 15.0 Å². The number of aromatic nitrogens is 1. The molecule has 140 valence electrons. The van der Waals surface area contributed by atoms with Gasteiger partial charge in [0.2, 0.25) is 5.89 Å². The van der Waals surface area contributed by atoms with Crippen LogP contribution in [0.2, 0.25) is 10.0 Å². The molecule has 2 amide bonds. The fourth-order valence-corrected chi connectivity index (χ4v) is 2.27. The predicted molar refractivity (Wildman–Crippen MR) is 95.6 cm³/mol. The first-order valence-corrected chi connectivity index (χ1v) is 8.22. The number of ether oxygens (including phenoxy) is 2. The van der Waals surface area contributed by atoms with Crippen LogP contribution < -0.4 is 5.32 Å². The molecule has 0 fully saturated rings. The van der Waals surface area contributed by atoms with Crippen molar-refractivity contribution in [3.8, 4) is 0 Å². The molecular weight excluding hydrogens is 385 g/mol. The van der Waals surface area contributed by atoms with Crippen molar-refractivity contribution in [1.82, 2.24) is 9.88 Å². The van der Waals surface area contributed by atoms with E-state index in [1.54, 1.807) is 12.1 Å². The van der Waals surface area contributed by atoms with Crippen LogP contribution in [-0.4, -0.2) is 49.3 Å². The predicted octanol–water partition coefficient (Wildman–Crippen LogP) is 3.45. The molecule has 10 heteroatoms. The van der Waals surface area contributed by atoms with Gasteiger partial charge in [-0.2, -0.15) is 0 Å². The monoisotopic (exact) mass is 401 g/mol. The molecule has 0 saturated carbocycles. The Morgan fingerprint density at radius 2 is 2.04 bits per heavy atom. The van der Waals surface area contributed by atoms with E-state index in [0.717, 1.165) is 0 Å². The molecule has 26 heavy (non-hydrogen) atoms. The lowest BCUT2D eigenvalue weighted by Gasteiger charge is -2.21. The number of hydrogen-bond acceptors (Lipinski definition) is 6. The largest absolute Gasteiger partial charge is 0.464 e. The minimum absolute atomic E-state index is 0.0269. The van der Waals surface area contributed by atoms with Crippen molar-refractivity contribution in [2.24, 2.45) is 0 Å². The van der Waals surface area contributed by atoms with E-state index in [1.807, 2.05) is 0 Å². The maximum Gasteiger partial charge on any atom is 0.360 e. The maximum atomic E-state index is 12.5. The van der Waals surface area contributed by atoms with Crippen LogP contribution in [0, 0.1) is 0 Å². The van der Waals surface area contributed by atoms with Gasteiger partial charge in [-0.1, -0.05) is 23.2 Å². The van der Waals surface area contributed by atoms with Gasteiger partial charge in [0.15, 0.2) is 5.69 Å². The van der Waals surface area contributed by atoms with Crippen LogP contribution in [0.25, 0.3) is 0 Å². The third-order valence-corrected chi connectivity index (χ3v) is 4.03. The summed E-state index contributed by atoms with van der Waals surface area (Å²) in [6, 6.07) is 4.33. The van der Waals surface area contributed by atoms with Crippen molar-refractivity contribution < 1.29 is 23.5 Å². The first-order valence-electron chi connectivity index (χ1n) is 7.47. The lowest BCUT2D eigenvalue weighted by Crippen LogP contribution is -2.37. The average molecular weight is 402 g/mol. The molecule has 1 N–H and O–H groups in total. The molecule has 0 bridgehead atoms. The molecule has 0 radical (unpaired) electrons. The SMILES string of the molecule is COCCN(Cc1nc(C(=O)OC)co1)C(=O)Nc1ccc(Cl)c(Cl)c1. The highest BCUT2D eigenvalue weighted by Gasteiger charge is 2.19. The molecule has 2 aromatic rings. The van der Waals surface area contributed by atoms with Gasteiger partial charge in [0, 0.05) is 19.3 Å². The van der Waals surface area contributed by atoms with Crippen LogP contribution in [0.3, 0.4) is 0 Å². The fraction of sp³-hybridized carbons (Fsp3) is 0.312. The first-order chi connectivity index (χ1) is 12.4. The first kappa shape index (κ1) is 20.0. The summed E-state index contributed by atoms with van der Waals surface area (Å²) in [7, 11) is 2.77. The third kappa shape index (κ3) is 5.35. The van der Waals surface area contributed by atoms with Crippen molar-refractivity contribution in [3.05, 3.63) is 46.1 Å². The van der Waals surface area contributed by atoms with Crippen LogP contribution >= 0.6 is 23.2 Å². The Morgan fingerprint density at radius 1 is 1.27 bits per heavy atom. The van der Waals surface area contributed by atoms with Crippen molar-refractivity contribution in [1.29, 1.82) is 0 Å². The van der Waals surface area contributed by atoms with Crippen molar-refractivity contribution in [2.75, 3.05) is 32.7 Å². The minimum atomic E-state index is -0.622. The smallest absolute Gasteiger partial charge is 0.360 e. The quantitative estimate of drug-likeness (QED) is 0.713. The molecule has 0 unspecified atom stereocenters. The molecule has 8 nitrogen and oxygen atoms in total. The Bertz CT molecular complexity index is 781. The van der Waals surface area contributed by atoms with Crippen LogP contribution in [-0.2, 0) is 16.0 Å². The molecule has 0 spiro atoms. The van der Waals surface area contributed by atoms with Gasteiger partial charge in [-0.3, -0.25) is 0 Å². The number of amides is 2. The zero-order valence-electron chi connectivity index (χ0n) is 14.1. The normalized spacial score (nSPS) is 10.5. The highest BCUT2D eigenvalue weighted by molar-refractivity contribution is 6.42. The van der Waals surface area contributed by atoms with E-state index in [0.29, 0.717) is 22.3 Å². The number of esters is 1. The number of carbonyl (C=O) groups is 2. The van der Waals surface area contributed by atoms with Gasteiger partial charge in [-0.05, 0) is 18.2 Å². The van der Waals surface area contributed by atoms with Gasteiger partial charge < -0.3 is 24.1 Å². The number of nitrogens with zero attached hydrogens (tertiary/aromatic N) is 2. The van der Waals surface area contributed by atoms with Gasteiger partial charge in [0.05, 0.1) is 30.3 Å². The van der Waals surface area contributed by atoms with Crippen molar-refractivity contribution >= 4 is 40.9 Å². The molecule has 1 aromatic carbocycles. The molecule has 2 rings (SSSR count). The van der Waals surface area contributed by atoms with Crippen LogP contribution in [0.1, 0.15) is 16.4 Å². The molecule has 0 aliphatic heterocycles. The summed E-state index contributed by atoms with van der Waals surface area (Å²) < 4.78 is 14.8. The Hall–Kier alpha value is -2.29. The van der Waals surface area contributed by atoms with E-state index in [4.69, 9.17) is 32.4 Å². The van der Waals surface area contributed by atoms with E-state index >= 15 is 0 Å². The molecule has 0 aliphatic rings. The zero-order valence-corrected chi connectivity index (χ0v) is 15.6. The summed E-state index contributed by atoms with van der Waals surface area (Å²) in [6.07, 6.45) is 1.17. The second-order valence-electron chi connectivity index (χ2n) is 5.09. The molecule has 0 atom stereocenters. The lowest BCUT2D eigenvalue weighted by atomic mass is 10.3. The van der Waals surface area contributed by atoms with Crippen molar-refractivity contribution in [3.63, 3.8) is 0 Å². The zero-order chi connectivity index (χ0) is 19.1. The van der Waals surface area contributed by atoms with Gasteiger partial charge in [-0.15, -0.1) is 0 Å². The number of oxazole rings is 1. The number of methoxy groups -OCH3 is 2. The Morgan fingerprint density at radius 3 is 2.69 bits per heavy atom. The van der Waals surface area contributed by atoms with Crippen LogP contribution in [0.5, 0.6) is 0 Å². The van der Waals surface area contributed by atoms with Crippen LogP contribution in [0.15, 0.2) is 28.9 Å². The lowest BCUT2D eigenvalue weighted by molar-refractivity contribution is 0.0594. The van der Waals surface area contributed by atoms with E-state index in [9.17, 15) is 9.59 Å². The summed E-state index contributed by atoms with van der Waals surface area (Å²) in [6.45, 7) is 0.618. The van der Waals surface area contributed by atoms with Gasteiger partial charge in [0.1, 0.15) is 6.26 Å². The number of anilines is 1. The van der Waals surface area contributed by atoms with E-state index in [1.165, 1.54) is 31.4 Å². The number of hydrogen-bond donors (Lipinski definition) is 1. The molecule has 1 heterocycles. The standard InChI is InChI=1S/C16H17Cl2N3O5/c1-24-6-5-21(8-14-20-13(9-26-14)15(22)25-2)16(23)19-10-3-4-11(17)12(18)7-10/h3-4,7,9H,5-6,8H2,1-2H3,(H,19,23). The van der Waals surface area contributed by atoms with Crippen molar-refractivity contribution in [2.45, 2.75) is 6.54 Å². The number of nitrogens with one attached hydrogen (secondary N) is 1. The maximum absolute atomic E-state index is 12.5. The number of rotatable bonds is 7. The molecule has 0 aliphatic carbocycles. The van der Waals surface area contributed by atoms with Gasteiger partial charge in [0.25, 0.3) is 0 Å². The van der Waals surface area contributed by atoms with E-state index < -0.39 is 12.0 Å². The Kier molecular flexibility index (Phi) is 7.26. The third-order valence-electron chi connectivity index (χ3n) is 3.30. The summed E-state index contributed by atoms with van der Waals surface area (Å²) in [5.74, 6) is -0.436. The van der Waals surface area contributed by atoms with E-state index in [-0.39, 0.29) is 24.7 Å². The summed E-state index contributed by atoms with van der Waals surface area (Å²) in [4.78, 5) is 29.4. The number of benzene rings is 1. The molecule has 0 saturated heterocycles. The van der Waals surface area contributed by atoms with Gasteiger partial charge >= 0.3 is 12.0 Å². The number of halogens is 2. The van der Waals surface area contributed by atoms with Gasteiger partial charge in [-0.25, -0.2) is 14.6 Å².